The molecule has 7 heteroatoms. The summed E-state index contributed by atoms with van der Waals surface area (Å²) in [6.45, 7) is 0. The van der Waals surface area contributed by atoms with E-state index in [0.29, 0.717) is 33.6 Å². The summed E-state index contributed by atoms with van der Waals surface area (Å²) >= 11 is 0. The van der Waals surface area contributed by atoms with Crippen LogP contribution < -0.4 is 15.7 Å². The molecule has 2 aromatic carbocycles. The van der Waals surface area contributed by atoms with Crippen LogP contribution in [0.25, 0.3) is 22.3 Å². The summed E-state index contributed by atoms with van der Waals surface area (Å²) in [6.07, 6.45) is 3.20. The number of methoxy groups -OCH3 is 1. The van der Waals surface area contributed by atoms with Gasteiger partial charge in [-0.3, -0.25) is 20.0 Å². The molecule has 0 aliphatic rings. The highest BCUT2D eigenvalue weighted by molar-refractivity contribution is 6.00. The van der Waals surface area contributed by atoms with Crippen LogP contribution >= 0.6 is 0 Å². The largest absolute Gasteiger partial charge is 0.497 e. The highest BCUT2D eigenvalue weighted by Crippen LogP contribution is 2.18. The third-order valence-electron chi connectivity index (χ3n) is 4.26. The maximum atomic E-state index is 13.1. The van der Waals surface area contributed by atoms with Crippen LogP contribution in [-0.2, 0) is 0 Å². The number of aromatic nitrogens is 3. The van der Waals surface area contributed by atoms with Gasteiger partial charge in [-0.05, 0) is 42.5 Å². The number of carbonyl (C=O) groups is 1. The van der Waals surface area contributed by atoms with Crippen molar-refractivity contribution in [1.29, 1.82) is 0 Å². The summed E-state index contributed by atoms with van der Waals surface area (Å²) in [6, 6.07) is 17.1. The standard InChI is InChI=1S/C21H16N4O3/c1-28-16-6-4-5-15(13-16)20(26)24-25-19(14-9-11-22-12-10-14)23-18-8-3-2-7-17(18)21(25)27/h2-13H,1H3,(H,24,26). The molecule has 2 aromatic heterocycles. The molecule has 0 saturated carbocycles. The van der Waals surface area contributed by atoms with Gasteiger partial charge in [-0.15, -0.1) is 0 Å². The van der Waals surface area contributed by atoms with E-state index in [-0.39, 0.29) is 5.56 Å². The number of nitrogens with zero attached hydrogens (tertiary/aromatic N) is 3. The Morgan fingerprint density at radius 3 is 2.61 bits per heavy atom. The first kappa shape index (κ1) is 17.4. The van der Waals surface area contributed by atoms with Crippen LogP contribution in [-0.4, -0.2) is 27.7 Å². The maximum absolute atomic E-state index is 13.1. The number of para-hydroxylation sites is 1. The molecule has 4 rings (SSSR count). The summed E-state index contributed by atoms with van der Waals surface area (Å²) in [5.74, 6) is 0.418. The van der Waals surface area contributed by atoms with Crippen LogP contribution in [0.2, 0.25) is 0 Å². The van der Waals surface area contributed by atoms with Crippen molar-refractivity contribution in [2.24, 2.45) is 0 Å². The van der Waals surface area contributed by atoms with Crippen molar-refractivity contribution in [3.8, 4) is 17.1 Å². The Morgan fingerprint density at radius 2 is 1.82 bits per heavy atom. The summed E-state index contributed by atoms with van der Waals surface area (Å²) in [5.41, 5.74) is 3.86. The fourth-order valence-corrected chi connectivity index (χ4v) is 2.86. The Balaban J connectivity index is 1.86. The first-order chi connectivity index (χ1) is 13.7. The van der Waals surface area contributed by atoms with Crippen LogP contribution in [0.15, 0.2) is 77.9 Å². The lowest BCUT2D eigenvalue weighted by atomic mass is 10.2. The molecule has 0 atom stereocenters. The molecule has 1 N–H and O–H groups in total. The third-order valence-corrected chi connectivity index (χ3v) is 4.26. The highest BCUT2D eigenvalue weighted by atomic mass is 16.5. The van der Waals surface area contributed by atoms with Crippen molar-refractivity contribution in [3.05, 3.63) is 89.0 Å². The van der Waals surface area contributed by atoms with Gasteiger partial charge in [-0.25, -0.2) is 4.98 Å². The molecule has 0 spiro atoms. The molecule has 2 heterocycles. The van der Waals surface area contributed by atoms with Gasteiger partial charge >= 0.3 is 0 Å². The van der Waals surface area contributed by atoms with Crippen LogP contribution in [0, 0.1) is 0 Å². The van der Waals surface area contributed by atoms with Gasteiger partial charge in [0.2, 0.25) is 0 Å². The molecule has 28 heavy (non-hydrogen) atoms. The number of amides is 1. The van der Waals surface area contributed by atoms with Crippen molar-refractivity contribution < 1.29 is 9.53 Å². The second-order valence-corrected chi connectivity index (χ2v) is 6.00. The normalized spacial score (nSPS) is 10.6. The van der Waals surface area contributed by atoms with E-state index < -0.39 is 5.91 Å². The Kier molecular flexibility index (Phi) is 4.55. The SMILES string of the molecule is COc1cccc(C(=O)Nn2c(-c3ccncc3)nc3ccccc3c2=O)c1. The molecule has 0 aliphatic carbocycles. The van der Waals surface area contributed by atoms with Gasteiger partial charge in [0.05, 0.1) is 18.0 Å². The van der Waals surface area contributed by atoms with Gasteiger partial charge in [0.25, 0.3) is 11.5 Å². The van der Waals surface area contributed by atoms with E-state index in [2.05, 4.69) is 15.4 Å². The molecule has 0 radical (unpaired) electrons. The maximum Gasteiger partial charge on any atom is 0.280 e. The second-order valence-electron chi connectivity index (χ2n) is 6.00. The van der Waals surface area contributed by atoms with Crippen LogP contribution in [0.1, 0.15) is 10.4 Å². The average Bonchev–Trinajstić information content (AvgIpc) is 2.76. The van der Waals surface area contributed by atoms with Gasteiger partial charge in [-0.1, -0.05) is 18.2 Å². The number of hydrogen-bond donors (Lipinski definition) is 1. The summed E-state index contributed by atoms with van der Waals surface area (Å²) in [5, 5.41) is 0.409. The first-order valence-electron chi connectivity index (χ1n) is 8.55. The summed E-state index contributed by atoms with van der Waals surface area (Å²) in [4.78, 5) is 34.4. The Labute approximate surface area is 160 Å². The minimum atomic E-state index is -0.451. The monoisotopic (exact) mass is 372 g/mol. The van der Waals surface area contributed by atoms with Crippen molar-refractivity contribution in [1.82, 2.24) is 14.6 Å². The molecule has 0 fully saturated rings. The van der Waals surface area contributed by atoms with Gasteiger partial charge in [-0.2, -0.15) is 4.68 Å². The predicted octanol–water partition coefficient (Wildman–Crippen LogP) is 2.85. The molecule has 7 nitrogen and oxygen atoms in total. The number of benzene rings is 2. The van der Waals surface area contributed by atoms with Gasteiger partial charge < -0.3 is 4.74 Å². The molecule has 4 aromatic rings. The Hall–Kier alpha value is -4.00. The van der Waals surface area contributed by atoms with E-state index >= 15 is 0 Å². The van der Waals surface area contributed by atoms with Crippen molar-refractivity contribution >= 4 is 16.8 Å². The number of rotatable bonds is 4. The number of ether oxygens (including phenoxy) is 1. The summed E-state index contributed by atoms with van der Waals surface area (Å²) < 4.78 is 6.33. The quantitative estimate of drug-likeness (QED) is 0.595. The van der Waals surface area contributed by atoms with Crippen LogP contribution in [0.4, 0.5) is 0 Å². The minimum absolute atomic E-state index is 0.322. The van der Waals surface area contributed by atoms with E-state index in [9.17, 15) is 9.59 Å². The number of fused-ring (bicyclic) bond motifs is 1. The third kappa shape index (κ3) is 3.21. The number of carbonyl (C=O) groups excluding carboxylic acids is 1. The van der Waals surface area contributed by atoms with E-state index in [1.165, 1.54) is 11.8 Å². The lowest BCUT2D eigenvalue weighted by Crippen LogP contribution is -2.35. The van der Waals surface area contributed by atoms with Crippen LogP contribution in [0.3, 0.4) is 0 Å². The average molecular weight is 372 g/mol. The number of nitrogens with one attached hydrogen (secondary N) is 1. The molecule has 0 saturated heterocycles. The van der Waals surface area contributed by atoms with Crippen molar-refractivity contribution in [3.63, 3.8) is 0 Å². The van der Waals surface area contributed by atoms with E-state index in [4.69, 9.17) is 4.74 Å². The molecular weight excluding hydrogens is 356 g/mol. The van der Waals surface area contributed by atoms with Crippen molar-refractivity contribution in [2.75, 3.05) is 12.5 Å². The lowest BCUT2D eigenvalue weighted by Gasteiger charge is -2.14. The van der Waals surface area contributed by atoms with E-state index in [1.54, 1.807) is 67.0 Å². The fraction of sp³-hybridized carbons (Fsp3) is 0.0476. The predicted molar refractivity (Wildman–Crippen MR) is 106 cm³/mol. The Bertz CT molecular complexity index is 1220. The van der Waals surface area contributed by atoms with E-state index in [0.717, 1.165) is 0 Å². The molecule has 0 bridgehead atoms. The fourth-order valence-electron chi connectivity index (χ4n) is 2.86. The topological polar surface area (TPSA) is 86.1 Å². The second kappa shape index (κ2) is 7.32. The number of hydrogen-bond acceptors (Lipinski definition) is 5. The molecule has 138 valence electrons. The van der Waals surface area contributed by atoms with Gasteiger partial charge in [0.15, 0.2) is 5.82 Å². The zero-order chi connectivity index (χ0) is 19.5. The van der Waals surface area contributed by atoms with E-state index in [1.807, 2.05) is 6.07 Å². The van der Waals surface area contributed by atoms with Crippen molar-refractivity contribution in [2.45, 2.75) is 0 Å². The molecule has 1 amide bonds. The van der Waals surface area contributed by atoms with Gasteiger partial charge in [0, 0.05) is 23.5 Å². The van der Waals surface area contributed by atoms with Crippen LogP contribution in [0.5, 0.6) is 5.75 Å². The smallest absolute Gasteiger partial charge is 0.280 e. The zero-order valence-corrected chi connectivity index (χ0v) is 15.0. The molecule has 0 aliphatic heterocycles. The Morgan fingerprint density at radius 1 is 1.04 bits per heavy atom. The lowest BCUT2D eigenvalue weighted by molar-refractivity contribution is 0.101. The first-order valence-corrected chi connectivity index (χ1v) is 8.55. The molecule has 0 unspecified atom stereocenters. The minimum Gasteiger partial charge on any atom is -0.497 e. The number of pyridine rings is 1. The summed E-state index contributed by atoms with van der Waals surface area (Å²) in [7, 11) is 1.52. The molecular formula is C21H16N4O3. The highest BCUT2D eigenvalue weighted by Gasteiger charge is 2.16. The van der Waals surface area contributed by atoms with Gasteiger partial charge in [0.1, 0.15) is 5.75 Å². The zero-order valence-electron chi connectivity index (χ0n) is 15.0.